The minimum absolute atomic E-state index is 0.0972. The van der Waals surface area contributed by atoms with Crippen molar-refractivity contribution >= 4 is 23.0 Å². The van der Waals surface area contributed by atoms with Gasteiger partial charge in [-0.2, -0.15) is 0 Å². The molecule has 1 N–H and O–H groups in total. The highest BCUT2D eigenvalue weighted by Gasteiger charge is 2.06. The van der Waals surface area contributed by atoms with Crippen LogP contribution < -0.4 is 5.69 Å². The number of rotatable bonds is 2. The van der Waals surface area contributed by atoms with Gasteiger partial charge in [-0.3, -0.25) is 0 Å². The Kier molecular flexibility index (Phi) is 2.49. The molecule has 0 aliphatic heterocycles. The Morgan fingerprint density at radius 2 is 1.65 bits per heavy atom. The maximum Gasteiger partial charge on any atom is 0.336 e. The molecule has 0 aliphatic carbocycles. The van der Waals surface area contributed by atoms with Crippen LogP contribution in [-0.4, -0.2) is 8.96 Å². The van der Waals surface area contributed by atoms with Crippen LogP contribution in [0.5, 0.6) is 0 Å². The molecule has 0 bridgehead atoms. The molecule has 0 fully saturated rings. The number of fused-ring (bicyclic) bond motifs is 1. The first kappa shape index (κ1) is 10.2. The maximum atomic E-state index is 11.8. The van der Waals surface area contributed by atoms with Gasteiger partial charge in [0.15, 0.2) is 0 Å². The second-order valence-corrected chi connectivity index (χ2v) is 4.67. The van der Waals surface area contributed by atoms with E-state index in [1.54, 1.807) is 3.97 Å². The summed E-state index contributed by atoms with van der Waals surface area (Å²) < 4.78 is 1.67. The van der Waals surface area contributed by atoms with Crippen LogP contribution in [0.3, 0.4) is 0 Å². The van der Waals surface area contributed by atoms with E-state index in [0.717, 1.165) is 15.9 Å². The van der Waals surface area contributed by atoms with E-state index in [9.17, 15) is 4.79 Å². The number of benzene rings is 2. The molecule has 17 heavy (non-hydrogen) atoms. The lowest BCUT2D eigenvalue weighted by Crippen LogP contribution is -2.10. The Balaban J connectivity index is 2.12. The predicted octanol–water partition coefficient (Wildman–Crippen LogP) is 2.89. The first-order chi connectivity index (χ1) is 8.34. The Morgan fingerprint density at radius 1 is 0.941 bits per heavy atom. The van der Waals surface area contributed by atoms with Gasteiger partial charge in [0.25, 0.3) is 0 Å². The number of hydrogen-bond donors (Lipinski definition) is 1. The lowest BCUT2D eigenvalue weighted by atomic mass is 10.3. The normalized spacial score (nSPS) is 10.8. The highest BCUT2D eigenvalue weighted by Crippen LogP contribution is 2.22. The number of nitrogens with zero attached hydrogens (tertiary/aromatic N) is 1. The van der Waals surface area contributed by atoms with Gasteiger partial charge in [-0.15, -0.1) is 0 Å². The SMILES string of the molecule is O=c1[nH]c2ccccc2n1Sc1ccccc1. The third-order valence-corrected chi connectivity index (χ3v) is 3.52. The van der Waals surface area contributed by atoms with E-state index in [2.05, 4.69) is 4.98 Å². The molecule has 0 saturated carbocycles. The molecule has 1 aromatic heterocycles. The average Bonchev–Trinajstić information content (AvgIpc) is 2.68. The van der Waals surface area contributed by atoms with E-state index >= 15 is 0 Å². The van der Waals surface area contributed by atoms with Crippen molar-refractivity contribution in [3.63, 3.8) is 0 Å². The minimum Gasteiger partial charge on any atom is -0.305 e. The van der Waals surface area contributed by atoms with Crippen LogP contribution in [0.2, 0.25) is 0 Å². The number of aromatic nitrogens is 2. The van der Waals surface area contributed by atoms with Crippen molar-refractivity contribution < 1.29 is 0 Å². The summed E-state index contributed by atoms with van der Waals surface area (Å²) in [5.41, 5.74) is 1.67. The second-order valence-electron chi connectivity index (χ2n) is 3.65. The second kappa shape index (κ2) is 4.14. The number of H-pyrrole nitrogens is 1. The summed E-state index contributed by atoms with van der Waals surface area (Å²) in [7, 11) is 0. The quantitative estimate of drug-likeness (QED) is 0.750. The first-order valence-corrected chi connectivity index (χ1v) is 6.05. The summed E-state index contributed by atoms with van der Waals surface area (Å²) in [6.07, 6.45) is 0. The molecule has 0 amide bonds. The fourth-order valence-corrected chi connectivity index (χ4v) is 2.58. The van der Waals surface area contributed by atoms with Crippen LogP contribution in [0.4, 0.5) is 0 Å². The fourth-order valence-electron chi connectivity index (χ4n) is 1.71. The Bertz CT molecular complexity index is 700. The Hall–Kier alpha value is -1.94. The summed E-state index contributed by atoms with van der Waals surface area (Å²) in [4.78, 5) is 15.7. The molecule has 0 unspecified atom stereocenters. The van der Waals surface area contributed by atoms with Crippen LogP contribution in [0, 0.1) is 0 Å². The largest absolute Gasteiger partial charge is 0.336 e. The number of aromatic amines is 1. The lowest BCUT2D eigenvalue weighted by molar-refractivity contribution is 1.14. The van der Waals surface area contributed by atoms with Crippen molar-refractivity contribution in [2.45, 2.75) is 4.90 Å². The molecule has 3 rings (SSSR count). The van der Waals surface area contributed by atoms with Crippen molar-refractivity contribution in [3.8, 4) is 0 Å². The van der Waals surface area contributed by atoms with E-state index in [-0.39, 0.29) is 5.69 Å². The zero-order chi connectivity index (χ0) is 11.7. The van der Waals surface area contributed by atoms with Crippen LogP contribution in [0.15, 0.2) is 64.3 Å². The summed E-state index contributed by atoms with van der Waals surface area (Å²) in [5, 5.41) is 0. The van der Waals surface area contributed by atoms with Gasteiger partial charge < -0.3 is 4.98 Å². The smallest absolute Gasteiger partial charge is 0.305 e. The van der Waals surface area contributed by atoms with Crippen LogP contribution >= 0.6 is 11.9 Å². The Labute approximate surface area is 102 Å². The monoisotopic (exact) mass is 242 g/mol. The zero-order valence-corrected chi connectivity index (χ0v) is 9.78. The molecule has 84 valence electrons. The van der Waals surface area contributed by atoms with E-state index in [0.29, 0.717) is 0 Å². The molecule has 0 atom stereocenters. The molecular weight excluding hydrogens is 232 g/mol. The zero-order valence-electron chi connectivity index (χ0n) is 8.96. The molecule has 0 radical (unpaired) electrons. The van der Waals surface area contributed by atoms with Gasteiger partial charge in [0, 0.05) is 4.90 Å². The van der Waals surface area contributed by atoms with Gasteiger partial charge in [0.05, 0.1) is 11.0 Å². The van der Waals surface area contributed by atoms with Gasteiger partial charge in [-0.25, -0.2) is 8.77 Å². The number of nitrogens with one attached hydrogen (secondary N) is 1. The predicted molar refractivity (Wildman–Crippen MR) is 70.3 cm³/mol. The van der Waals surface area contributed by atoms with E-state index in [1.165, 1.54) is 11.9 Å². The summed E-state index contributed by atoms with van der Waals surface area (Å²) in [5.74, 6) is 0. The van der Waals surface area contributed by atoms with Gasteiger partial charge >= 0.3 is 5.69 Å². The number of para-hydroxylation sites is 2. The average molecular weight is 242 g/mol. The number of hydrogen-bond acceptors (Lipinski definition) is 2. The fraction of sp³-hybridized carbons (Fsp3) is 0. The lowest BCUT2D eigenvalue weighted by Gasteiger charge is -2.01. The van der Waals surface area contributed by atoms with Crippen LogP contribution in [0.25, 0.3) is 11.0 Å². The topological polar surface area (TPSA) is 37.8 Å². The molecule has 3 nitrogen and oxygen atoms in total. The summed E-state index contributed by atoms with van der Waals surface area (Å²) >= 11 is 1.42. The molecule has 3 aromatic rings. The minimum atomic E-state index is -0.0972. The third kappa shape index (κ3) is 1.87. The van der Waals surface area contributed by atoms with Crippen molar-refractivity contribution in [2.24, 2.45) is 0 Å². The van der Waals surface area contributed by atoms with E-state index in [1.807, 2.05) is 54.6 Å². The summed E-state index contributed by atoms with van der Waals surface area (Å²) in [6.45, 7) is 0. The molecular formula is C13H10N2OS. The van der Waals surface area contributed by atoms with Crippen LogP contribution in [0.1, 0.15) is 0 Å². The van der Waals surface area contributed by atoms with Crippen LogP contribution in [-0.2, 0) is 0 Å². The van der Waals surface area contributed by atoms with Gasteiger partial charge in [-0.1, -0.05) is 30.3 Å². The summed E-state index contributed by atoms with van der Waals surface area (Å²) in [6, 6.07) is 17.5. The Morgan fingerprint density at radius 3 is 2.47 bits per heavy atom. The third-order valence-electron chi connectivity index (χ3n) is 2.49. The molecule has 0 spiro atoms. The van der Waals surface area contributed by atoms with Gasteiger partial charge in [0.2, 0.25) is 0 Å². The van der Waals surface area contributed by atoms with E-state index in [4.69, 9.17) is 0 Å². The number of imidazole rings is 1. The van der Waals surface area contributed by atoms with E-state index < -0.39 is 0 Å². The van der Waals surface area contributed by atoms with Crippen molar-refractivity contribution in [3.05, 3.63) is 65.1 Å². The highest BCUT2D eigenvalue weighted by molar-refractivity contribution is 7.98. The molecule has 4 heteroatoms. The van der Waals surface area contributed by atoms with Crippen molar-refractivity contribution in [1.82, 2.24) is 8.96 Å². The van der Waals surface area contributed by atoms with Crippen molar-refractivity contribution in [2.75, 3.05) is 0 Å². The molecule has 0 aliphatic rings. The standard InChI is InChI=1S/C13H10N2OS/c16-13-14-11-8-4-5-9-12(11)15(13)17-10-6-2-1-3-7-10/h1-9H,(H,14,16). The highest BCUT2D eigenvalue weighted by atomic mass is 32.2. The molecule has 2 aromatic carbocycles. The molecule has 1 heterocycles. The van der Waals surface area contributed by atoms with Crippen molar-refractivity contribution in [1.29, 1.82) is 0 Å². The van der Waals surface area contributed by atoms with Gasteiger partial charge in [0.1, 0.15) is 0 Å². The maximum absolute atomic E-state index is 11.8. The first-order valence-electron chi connectivity index (χ1n) is 5.28. The molecule has 0 saturated heterocycles. The van der Waals surface area contributed by atoms with Gasteiger partial charge in [-0.05, 0) is 36.2 Å².